The maximum absolute atomic E-state index is 11.6. The van der Waals surface area contributed by atoms with Gasteiger partial charge >= 0.3 is 0 Å². The summed E-state index contributed by atoms with van der Waals surface area (Å²) in [5.41, 5.74) is 0. The van der Waals surface area contributed by atoms with E-state index in [1.54, 1.807) is 0 Å². The van der Waals surface area contributed by atoms with Crippen molar-refractivity contribution in [2.24, 2.45) is 5.92 Å². The number of carbonyl (C=O) groups is 1. The van der Waals surface area contributed by atoms with Crippen molar-refractivity contribution >= 4 is 5.91 Å². The first-order valence-electron chi connectivity index (χ1n) is 6.71. The summed E-state index contributed by atoms with van der Waals surface area (Å²) in [5, 5.41) is 2.94. The second-order valence-corrected chi connectivity index (χ2v) is 5.69. The van der Waals surface area contributed by atoms with E-state index in [0.29, 0.717) is 6.54 Å². The van der Waals surface area contributed by atoms with E-state index < -0.39 is 0 Å². The Bertz CT molecular complexity index is 233. The SMILES string of the molecule is CC(C)CN1CCN(CC(=O)NC(C)C)CC1. The molecule has 0 aromatic carbocycles. The molecule has 0 spiro atoms. The Hall–Kier alpha value is -0.610. The molecule has 0 saturated carbocycles. The third kappa shape index (κ3) is 6.03. The molecule has 4 nitrogen and oxygen atoms in total. The van der Waals surface area contributed by atoms with Crippen LogP contribution in [0.1, 0.15) is 27.7 Å². The Morgan fingerprint density at radius 1 is 1.06 bits per heavy atom. The lowest BCUT2D eigenvalue weighted by Crippen LogP contribution is -2.50. The number of carbonyl (C=O) groups excluding carboxylic acids is 1. The van der Waals surface area contributed by atoms with E-state index in [1.165, 1.54) is 6.54 Å². The van der Waals surface area contributed by atoms with Crippen LogP contribution in [0.2, 0.25) is 0 Å². The lowest BCUT2D eigenvalue weighted by molar-refractivity contribution is -0.123. The predicted molar refractivity (Wildman–Crippen MR) is 71.0 cm³/mol. The summed E-state index contributed by atoms with van der Waals surface area (Å²) in [6, 6.07) is 0.240. The Balaban J connectivity index is 2.20. The highest BCUT2D eigenvalue weighted by molar-refractivity contribution is 5.78. The summed E-state index contributed by atoms with van der Waals surface area (Å²) < 4.78 is 0. The number of amides is 1. The minimum atomic E-state index is 0.150. The van der Waals surface area contributed by atoms with Gasteiger partial charge in [-0.05, 0) is 19.8 Å². The molecule has 0 bridgehead atoms. The molecule has 1 aliphatic heterocycles. The van der Waals surface area contributed by atoms with Crippen molar-refractivity contribution < 1.29 is 4.79 Å². The normalized spacial score (nSPS) is 18.9. The van der Waals surface area contributed by atoms with Gasteiger partial charge in [0.25, 0.3) is 0 Å². The first kappa shape index (κ1) is 14.5. The van der Waals surface area contributed by atoms with Gasteiger partial charge in [0, 0.05) is 38.8 Å². The number of hydrogen-bond donors (Lipinski definition) is 1. The summed E-state index contributed by atoms with van der Waals surface area (Å²) in [6.45, 7) is 14.4. The van der Waals surface area contributed by atoms with Gasteiger partial charge in [-0.25, -0.2) is 0 Å². The first-order valence-corrected chi connectivity index (χ1v) is 6.71. The van der Waals surface area contributed by atoms with Crippen molar-refractivity contribution in [3.8, 4) is 0 Å². The molecule has 0 atom stereocenters. The van der Waals surface area contributed by atoms with E-state index in [4.69, 9.17) is 0 Å². The molecule has 1 amide bonds. The lowest BCUT2D eigenvalue weighted by Gasteiger charge is -2.35. The van der Waals surface area contributed by atoms with Gasteiger partial charge in [-0.2, -0.15) is 0 Å². The van der Waals surface area contributed by atoms with Crippen LogP contribution in [0.25, 0.3) is 0 Å². The Labute approximate surface area is 105 Å². The number of nitrogens with zero attached hydrogens (tertiary/aromatic N) is 2. The maximum atomic E-state index is 11.6. The fraction of sp³-hybridized carbons (Fsp3) is 0.923. The molecule has 1 saturated heterocycles. The molecule has 0 aromatic rings. The van der Waals surface area contributed by atoms with Crippen LogP contribution in [0.5, 0.6) is 0 Å². The molecule has 1 rings (SSSR count). The summed E-state index contributed by atoms with van der Waals surface area (Å²) >= 11 is 0. The van der Waals surface area contributed by atoms with E-state index in [9.17, 15) is 4.79 Å². The number of hydrogen-bond acceptors (Lipinski definition) is 3. The van der Waals surface area contributed by atoms with Crippen LogP contribution < -0.4 is 5.32 Å². The molecular weight excluding hydrogens is 214 g/mol. The van der Waals surface area contributed by atoms with E-state index in [1.807, 2.05) is 13.8 Å². The van der Waals surface area contributed by atoms with Gasteiger partial charge < -0.3 is 10.2 Å². The monoisotopic (exact) mass is 241 g/mol. The van der Waals surface area contributed by atoms with Crippen LogP contribution in [0.15, 0.2) is 0 Å². The first-order chi connectivity index (χ1) is 7.97. The molecular formula is C13H27N3O. The standard InChI is InChI=1S/C13H27N3O/c1-11(2)9-15-5-7-16(8-6-15)10-13(17)14-12(3)4/h11-12H,5-10H2,1-4H3,(H,14,17). The second-order valence-electron chi connectivity index (χ2n) is 5.69. The van der Waals surface area contributed by atoms with Crippen LogP contribution in [-0.2, 0) is 4.79 Å². The zero-order chi connectivity index (χ0) is 12.8. The fourth-order valence-electron chi connectivity index (χ4n) is 2.22. The minimum absolute atomic E-state index is 0.150. The van der Waals surface area contributed by atoms with Gasteiger partial charge in [0.1, 0.15) is 0 Å². The number of rotatable bonds is 5. The summed E-state index contributed by atoms with van der Waals surface area (Å²) in [5.74, 6) is 0.878. The Kier molecular flexibility index (Phi) is 5.92. The molecule has 1 aliphatic rings. The minimum Gasteiger partial charge on any atom is -0.353 e. The van der Waals surface area contributed by atoms with E-state index in [0.717, 1.165) is 32.1 Å². The van der Waals surface area contributed by atoms with Gasteiger partial charge in [-0.3, -0.25) is 9.69 Å². The van der Waals surface area contributed by atoms with Crippen molar-refractivity contribution in [2.75, 3.05) is 39.3 Å². The second kappa shape index (κ2) is 6.97. The summed E-state index contributed by atoms with van der Waals surface area (Å²) in [4.78, 5) is 16.3. The molecule has 0 unspecified atom stereocenters. The van der Waals surface area contributed by atoms with Crippen molar-refractivity contribution in [3.63, 3.8) is 0 Å². The highest BCUT2D eigenvalue weighted by atomic mass is 16.2. The molecule has 1 fully saturated rings. The third-order valence-corrected chi connectivity index (χ3v) is 2.91. The quantitative estimate of drug-likeness (QED) is 0.773. The van der Waals surface area contributed by atoms with Gasteiger partial charge in [0.05, 0.1) is 6.54 Å². The van der Waals surface area contributed by atoms with Gasteiger partial charge in [-0.1, -0.05) is 13.8 Å². The molecule has 1 heterocycles. The van der Waals surface area contributed by atoms with Gasteiger partial charge in [0.2, 0.25) is 5.91 Å². The molecule has 100 valence electrons. The van der Waals surface area contributed by atoms with Gasteiger partial charge in [-0.15, -0.1) is 0 Å². The van der Waals surface area contributed by atoms with Crippen molar-refractivity contribution in [1.82, 2.24) is 15.1 Å². The molecule has 0 radical (unpaired) electrons. The molecule has 0 aromatic heterocycles. The largest absolute Gasteiger partial charge is 0.353 e. The summed E-state index contributed by atoms with van der Waals surface area (Å²) in [7, 11) is 0. The fourth-order valence-corrected chi connectivity index (χ4v) is 2.22. The van der Waals surface area contributed by atoms with Crippen LogP contribution in [-0.4, -0.2) is 61.0 Å². The molecule has 17 heavy (non-hydrogen) atoms. The third-order valence-electron chi connectivity index (χ3n) is 2.91. The average Bonchev–Trinajstić information content (AvgIpc) is 2.18. The van der Waals surface area contributed by atoms with Crippen LogP contribution in [0.4, 0.5) is 0 Å². The summed E-state index contributed by atoms with van der Waals surface area (Å²) in [6.07, 6.45) is 0. The van der Waals surface area contributed by atoms with Crippen LogP contribution in [0.3, 0.4) is 0 Å². The van der Waals surface area contributed by atoms with E-state index in [-0.39, 0.29) is 11.9 Å². The zero-order valence-electron chi connectivity index (χ0n) is 11.7. The Morgan fingerprint density at radius 3 is 2.06 bits per heavy atom. The predicted octanol–water partition coefficient (Wildman–Crippen LogP) is 0.785. The smallest absolute Gasteiger partial charge is 0.234 e. The Morgan fingerprint density at radius 2 is 1.59 bits per heavy atom. The molecule has 4 heteroatoms. The molecule has 1 N–H and O–H groups in total. The average molecular weight is 241 g/mol. The number of nitrogens with one attached hydrogen (secondary N) is 1. The van der Waals surface area contributed by atoms with E-state index in [2.05, 4.69) is 29.0 Å². The molecule has 0 aliphatic carbocycles. The highest BCUT2D eigenvalue weighted by Gasteiger charge is 2.19. The zero-order valence-corrected chi connectivity index (χ0v) is 11.7. The maximum Gasteiger partial charge on any atom is 0.234 e. The topological polar surface area (TPSA) is 35.6 Å². The van der Waals surface area contributed by atoms with E-state index >= 15 is 0 Å². The van der Waals surface area contributed by atoms with Crippen molar-refractivity contribution in [1.29, 1.82) is 0 Å². The van der Waals surface area contributed by atoms with Crippen molar-refractivity contribution in [3.05, 3.63) is 0 Å². The lowest BCUT2D eigenvalue weighted by atomic mass is 10.2. The highest BCUT2D eigenvalue weighted by Crippen LogP contribution is 2.04. The van der Waals surface area contributed by atoms with Gasteiger partial charge in [0.15, 0.2) is 0 Å². The van der Waals surface area contributed by atoms with Crippen LogP contribution >= 0.6 is 0 Å². The van der Waals surface area contributed by atoms with Crippen LogP contribution in [0, 0.1) is 5.92 Å². The number of piperazine rings is 1. The van der Waals surface area contributed by atoms with Crippen molar-refractivity contribution in [2.45, 2.75) is 33.7 Å².